The number of nitro groups is 2. The lowest BCUT2D eigenvalue weighted by atomic mass is 9.99. The van der Waals surface area contributed by atoms with Crippen molar-refractivity contribution in [3.05, 3.63) is 79.9 Å². The molecule has 21 heavy (non-hydrogen) atoms. The maximum absolute atomic E-state index is 10.9. The fourth-order valence-electron chi connectivity index (χ4n) is 2.12. The van der Waals surface area contributed by atoms with Crippen LogP contribution in [0.25, 0.3) is 0 Å². The van der Waals surface area contributed by atoms with Crippen molar-refractivity contribution in [3.8, 4) is 0 Å². The molecule has 0 bridgehead atoms. The summed E-state index contributed by atoms with van der Waals surface area (Å²) >= 11 is 0. The van der Waals surface area contributed by atoms with Gasteiger partial charge in [-0.1, -0.05) is 30.3 Å². The first-order valence-corrected chi connectivity index (χ1v) is 6.14. The van der Waals surface area contributed by atoms with E-state index in [0.29, 0.717) is 5.56 Å². The first-order chi connectivity index (χ1) is 10.0. The summed E-state index contributed by atoms with van der Waals surface area (Å²) < 4.78 is 0. The zero-order valence-electron chi connectivity index (χ0n) is 10.9. The number of aliphatic hydroxyl groups is 1. The molecule has 0 saturated carbocycles. The molecule has 7 heteroatoms. The van der Waals surface area contributed by atoms with Crippen LogP contribution in [0.4, 0.5) is 11.4 Å². The first-order valence-electron chi connectivity index (χ1n) is 6.14. The van der Waals surface area contributed by atoms with Gasteiger partial charge >= 0.3 is 0 Å². The van der Waals surface area contributed by atoms with Gasteiger partial charge in [0.05, 0.1) is 21.5 Å². The van der Waals surface area contributed by atoms with E-state index in [-0.39, 0.29) is 23.4 Å². The monoisotopic (exact) mass is 288 g/mol. The van der Waals surface area contributed by atoms with Gasteiger partial charge in [-0.3, -0.25) is 20.2 Å². The summed E-state index contributed by atoms with van der Waals surface area (Å²) in [6.45, 7) is 0. The fourth-order valence-corrected chi connectivity index (χ4v) is 2.12. The largest absolute Gasteiger partial charge is 0.388 e. The molecule has 108 valence electrons. The van der Waals surface area contributed by atoms with Gasteiger partial charge in [0, 0.05) is 24.1 Å². The highest BCUT2D eigenvalue weighted by molar-refractivity contribution is 5.44. The van der Waals surface area contributed by atoms with Crippen molar-refractivity contribution in [1.29, 1.82) is 0 Å². The number of nitro benzene ring substituents is 2. The molecule has 2 aromatic rings. The normalized spacial score (nSPS) is 11.9. The molecule has 1 atom stereocenters. The minimum atomic E-state index is -1.19. The molecule has 2 aromatic carbocycles. The number of para-hydroxylation sites is 2. The van der Waals surface area contributed by atoms with Crippen LogP contribution in [0.15, 0.2) is 48.5 Å². The van der Waals surface area contributed by atoms with E-state index in [2.05, 4.69) is 0 Å². The van der Waals surface area contributed by atoms with E-state index in [0.717, 1.165) is 0 Å². The molecule has 0 aliphatic rings. The van der Waals surface area contributed by atoms with Gasteiger partial charge < -0.3 is 5.11 Å². The van der Waals surface area contributed by atoms with Crippen molar-refractivity contribution < 1.29 is 15.0 Å². The van der Waals surface area contributed by atoms with E-state index in [4.69, 9.17) is 0 Å². The van der Waals surface area contributed by atoms with Crippen LogP contribution in [0.5, 0.6) is 0 Å². The van der Waals surface area contributed by atoms with Crippen molar-refractivity contribution in [2.75, 3.05) is 0 Å². The third-order valence-electron chi connectivity index (χ3n) is 3.09. The van der Waals surface area contributed by atoms with Gasteiger partial charge in [-0.15, -0.1) is 0 Å². The number of hydrogen-bond acceptors (Lipinski definition) is 5. The first kappa shape index (κ1) is 14.6. The Labute approximate surface area is 119 Å². The third-order valence-corrected chi connectivity index (χ3v) is 3.09. The molecule has 0 saturated heterocycles. The number of hydrogen-bond donors (Lipinski definition) is 1. The van der Waals surface area contributed by atoms with Crippen LogP contribution in [0.3, 0.4) is 0 Å². The Bertz CT molecular complexity index is 687. The Hall–Kier alpha value is -2.80. The predicted octanol–water partition coefficient (Wildman–Crippen LogP) is 2.78. The van der Waals surface area contributed by atoms with Crippen LogP contribution in [0.1, 0.15) is 17.2 Å². The molecule has 0 aliphatic heterocycles. The SMILES string of the molecule is O=[N+]([O-])c1ccccc1CC(O)c1ccccc1[N+](=O)[O-]. The van der Waals surface area contributed by atoms with Crippen LogP contribution in [0.2, 0.25) is 0 Å². The molecule has 0 spiro atoms. The van der Waals surface area contributed by atoms with E-state index in [9.17, 15) is 25.3 Å². The summed E-state index contributed by atoms with van der Waals surface area (Å²) in [5.74, 6) is 0. The third kappa shape index (κ3) is 3.21. The highest BCUT2D eigenvalue weighted by Crippen LogP contribution is 2.29. The van der Waals surface area contributed by atoms with E-state index in [1.54, 1.807) is 12.1 Å². The Kier molecular flexibility index (Phi) is 4.24. The molecular formula is C14H12N2O5. The summed E-state index contributed by atoms with van der Waals surface area (Å²) in [6, 6.07) is 11.8. The average Bonchev–Trinajstić information content (AvgIpc) is 2.47. The second-order valence-corrected chi connectivity index (χ2v) is 4.42. The van der Waals surface area contributed by atoms with Crippen LogP contribution in [-0.2, 0) is 6.42 Å². The quantitative estimate of drug-likeness (QED) is 0.672. The number of rotatable bonds is 5. The van der Waals surface area contributed by atoms with Gasteiger partial charge in [0.2, 0.25) is 0 Å². The molecule has 7 nitrogen and oxygen atoms in total. The number of nitrogens with zero attached hydrogens (tertiary/aromatic N) is 2. The minimum Gasteiger partial charge on any atom is -0.388 e. The smallest absolute Gasteiger partial charge is 0.275 e. The summed E-state index contributed by atoms with van der Waals surface area (Å²) in [6.07, 6.45) is -1.25. The van der Waals surface area contributed by atoms with Gasteiger partial charge in [-0.05, 0) is 6.07 Å². The standard InChI is InChI=1S/C14H12N2O5/c17-14(11-6-2-4-8-13(11)16(20)21)9-10-5-1-3-7-12(10)15(18)19/h1-8,14,17H,9H2. The van der Waals surface area contributed by atoms with Crippen molar-refractivity contribution >= 4 is 11.4 Å². The zero-order chi connectivity index (χ0) is 15.4. The maximum Gasteiger partial charge on any atom is 0.275 e. The summed E-state index contributed by atoms with van der Waals surface area (Å²) in [5.41, 5.74) is 0.146. The molecular weight excluding hydrogens is 276 g/mol. The molecule has 0 fully saturated rings. The Morgan fingerprint density at radius 3 is 2.05 bits per heavy atom. The van der Waals surface area contributed by atoms with Gasteiger partial charge in [0.25, 0.3) is 11.4 Å². The topological polar surface area (TPSA) is 107 Å². The van der Waals surface area contributed by atoms with E-state index >= 15 is 0 Å². The number of benzene rings is 2. The van der Waals surface area contributed by atoms with Gasteiger partial charge in [-0.2, -0.15) is 0 Å². The van der Waals surface area contributed by atoms with E-state index < -0.39 is 16.0 Å². The fraction of sp³-hybridized carbons (Fsp3) is 0.143. The Morgan fingerprint density at radius 2 is 1.43 bits per heavy atom. The second-order valence-electron chi connectivity index (χ2n) is 4.42. The lowest BCUT2D eigenvalue weighted by Crippen LogP contribution is -2.07. The summed E-state index contributed by atoms with van der Waals surface area (Å²) in [7, 11) is 0. The van der Waals surface area contributed by atoms with Gasteiger partial charge in [0.15, 0.2) is 0 Å². The van der Waals surface area contributed by atoms with E-state index in [1.165, 1.54) is 36.4 Å². The maximum atomic E-state index is 10.9. The molecule has 0 amide bonds. The summed E-state index contributed by atoms with van der Waals surface area (Å²) in [5, 5.41) is 32.1. The van der Waals surface area contributed by atoms with Crippen LogP contribution in [0, 0.1) is 20.2 Å². The molecule has 0 aliphatic carbocycles. The molecule has 2 rings (SSSR count). The van der Waals surface area contributed by atoms with Crippen molar-refractivity contribution in [3.63, 3.8) is 0 Å². The van der Waals surface area contributed by atoms with Crippen LogP contribution >= 0.6 is 0 Å². The summed E-state index contributed by atoms with van der Waals surface area (Å²) in [4.78, 5) is 20.7. The van der Waals surface area contributed by atoms with Crippen LogP contribution in [-0.4, -0.2) is 15.0 Å². The molecule has 0 aromatic heterocycles. The van der Waals surface area contributed by atoms with Crippen LogP contribution < -0.4 is 0 Å². The average molecular weight is 288 g/mol. The second kappa shape index (κ2) is 6.10. The minimum absolute atomic E-state index is 0.0675. The molecule has 1 unspecified atom stereocenters. The zero-order valence-corrected chi connectivity index (χ0v) is 10.9. The highest BCUT2D eigenvalue weighted by Gasteiger charge is 2.22. The Morgan fingerprint density at radius 1 is 0.905 bits per heavy atom. The lowest BCUT2D eigenvalue weighted by molar-refractivity contribution is -0.386. The molecule has 0 heterocycles. The molecule has 1 N–H and O–H groups in total. The Balaban J connectivity index is 2.33. The number of aliphatic hydroxyl groups excluding tert-OH is 1. The van der Waals surface area contributed by atoms with Crippen molar-refractivity contribution in [2.24, 2.45) is 0 Å². The van der Waals surface area contributed by atoms with E-state index in [1.807, 2.05) is 0 Å². The predicted molar refractivity (Wildman–Crippen MR) is 74.9 cm³/mol. The highest BCUT2D eigenvalue weighted by atomic mass is 16.6. The molecule has 0 radical (unpaired) electrons. The van der Waals surface area contributed by atoms with Crippen molar-refractivity contribution in [2.45, 2.75) is 12.5 Å². The lowest BCUT2D eigenvalue weighted by Gasteiger charge is -2.11. The van der Waals surface area contributed by atoms with Gasteiger partial charge in [0.1, 0.15) is 0 Å². The van der Waals surface area contributed by atoms with Gasteiger partial charge in [-0.25, -0.2) is 0 Å². The van der Waals surface area contributed by atoms with Crippen molar-refractivity contribution in [1.82, 2.24) is 0 Å².